The van der Waals surface area contributed by atoms with Crippen molar-refractivity contribution < 1.29 is 9.21 Å². The number of fused-ring (bicyclic) bond motifs is 2. The summed E-state index contributed by atoms with van der Waals surface area (Å²) < 4.78 is 5.52. The molecule has 3 aromatic rings. The highest BCUT2D eigenvalue weighted by atomic mass is 16.3. The summed E-state index contributed by atoms with van der Waals surface area (Å²) in [5.74, 6) is 1.27. The van der Waals surface area contributed by atoms with E-state index in [9.17, 15) is 4.79 Å². The van der Waals surface area contributed by atoms with Gasteiger partial charge >= 0.3 is 0 Å². The third kappa shape index (κ3) is 2.75. The van der Waals surface area contributed by atoms with Gasteiger partial charge in [0.15, 0.2) is 11.4 Å². The Morgan fingerprint density at radius 1 is 1.23 bits per heavy atom. The first-order valence-electron chi connectivity index (χ1n) is 8.88. The topological polar surface area (TPSA) is 92.1 Å². The second kappa shape index (κ2) is 5.72. The Kier molecular flexibility index (Phi) is 3.34. The van der Waals surface area contributed by atoms with E-state index in [0.717, 1.165) is 41.7 Å². The van der Waals surface area contributed by atoms with Crippen LogP contribution in [-0.2, 0) is 11.2 Å². The van der Waals surface area contributed by atoms with Crippen LogP contribution in [0.3, 0.4) is 0 Å². The molecule has 0 saturated heterocycles. The van der Waals surface area contributed by atoms with Gasteiger partial charge in [-0.15, -0.1) is 0 Å². The summed E-state index contributed by atoms with van der Waals surface area (Å²) in [5, 5.41) is 9.59. The molecule has 1 aliphatic heterocycles. The third-order valence-corrected chi connectivity index (χ3v) is 4.82. The van der Waals surface area contributed by atoms with Crippen LogP contribution in [0.1, 0.15) is 25.3 Å². The van der Waals surface area contributed by atoms with Crippen LogP contribution in [0.5, 0.6) is 0 Å². The Morgan fingerprint density at radius 3 is 2.96 bits per heavy atom. The van der Waals surface area contributed by atoms with Gasteiger partial charge in [0, 0.05) is 29.4 Å². The molecule has 1 atom stereocenters. The quantitative estimate of drug-likeness (QED) is 0.665. The number of hydrogen-bond donors (Lipinski definition) is 3. The number of furan rings is 1. The van der Waals surface area contributed by atoms with E-state index in [1.807, 2.05) is 31.2 Å². The predicted octanol–water partition coefficient (Wildman–Crippen LogP) is 3.67. The van der Waals surface area contributed by atoms with Crippen LogP contribution in [0, 0.1) is 5.92 Å². The van der Waals surface area contributed by atoms with E-state index in [1.165, 1.54) is 0 Å². The summed E-state index contributed by atoms with van der Waals surface area (Å²) in [6, 6.07) is 8.24. The zero-order valence-electron chi connectivity index (χ0n) is 14.4. The highest BCUT2D eigenvalue weighted by Crippen LogP contribution is 2.32. The number of nitrogens with zero attached hydrogens (tertiary/aromatic N) is 2. The molecular formula is C19H19N5O2. The van der Waals surface area contributed by atoms with Crippen molar-refractivity contribution in [1.29, 1.82) is 0 Å². The number of nitrogens with one attached hydrogen (secondary N) is 3. The normalized spacial score (nSPS) is 19.1. The van der Waals surface area contributed by atoms with Crippen LogP contribution in [0.2, 0.25) is 0 Å². The molecule has 132 valence electrons. The summed E-state index contributed by atoms with van der Waals surface area (Å²) in [6.45, 7) is 1.94. The number of benzene rings is 1. The summed E-state index contributed by atoms with van der Waals surface area (Å²) >= 11 is 0. The van der Waals surface area contributed by atoms with Gasteiger partial charge in [-0.25, -0.2) is 4.98 Å². The van der Waals surface area contributed by atoms with Crippen molar-refractivity contribution in [3.63, 3.8) is 0 Å². The Balaban J connectivity index is 1.46. The van der Waals surface area contributed by atoms with Crippen molar-refractivity contribution in [2.24, 2.45) is 5.92 Å². The molecule has 26 heavy (non-hydrogen) atoms. The lowest BCUT2D eigenvalue weighted by atomic mass is 9.94. The standard InChI is InChI=1S/C19H19N5O2/c1-10-8-11-2-3-13(9-15(11)22-18(10)25)21-19-23-14-6-7-26-16(14)17(24-19)20-12-4-5-12/h2-3,6-7,9-10,12H,4-5,8H2,1H3,(H,22,25)(H2,20,21,23,24)/t10-/m0/s1. The van der Waals surface area contributed by atoms with E-state index < -0.39 is 0 Å². The van der Waals surface area contributed by atoms with Gasteiger partial charge in [-0.2, -0.15) is 4.98 Å². The molecule has 0 spiro atoms. The number of carbonyl (C=O) groups excluding carboxylic acids is 1. The maximum atomic E-state index is 11.9. The Labute approximate surface area is 150 Å². The number of amides is 1. The number of aromatic nitrogens is 2. The second-order valence-electron chi connectivity index (χ2n) is 7.04. The summed E-state index contributed by atoms with van der Waals surface area (Å²) in [4.78, 5) is 21.0. The minimum absolute atomic E-state index is 0.00389. The summed E-state index contributed by atoms with van der Waals surface area (Å²) in [6.07, 6.45) is 4.68. The second-order valence-corrected chi connectivity index (χ2v) is 7.04. The van der Waals surface area contributed by atoms with Crippen molar-refractivity contribution in [2.45, 2.75) is 32.2 Å². The molecule has 1 fully saturated rings. The maximum Gasteiger partial charge on any atom is 0.229 e. The largest absolute Gasteiger partial charge is 0.459 e. The van der Waals surface area contributed by atoms with Crippen LogP contribution < -0.4 is 16.0 Å². The molecule has 0 radical (unpaired) electrons. The van der Waals surface area contributed by atoms with Crippen molar-refractivity contribution in [3.8, 4) is 0 Å². The van der Waals surface area contributed by atoms with Gasteiger partial charge < -0.3 is 20.4 Å². The smallest absolute Gasteiger partial charge is 0.229 e. The first kappa shape index (κ1) is 15.2. The molecule has 0 unspecified atom stereocenters. The monoisotopic (exact) mass is 349 g/mol. The summed E-state index contributed by atoms with van der Waals surface area (Å²) in [7, 11) is 0. The first-order chi connectivity index (χ1) is 12.7. The molecule has 3 N–H and O–H groups in total. The van der Waals surface area contributed by atoms with Gasteiger partial charge in [0.2, 0.25) is 11.9 Å². The third-order valence-electron chi connectivity index (χ3n) is 4.82. The molecule has 1 aromatic carbocycles. The van der Waals surface area contributed by atoms with Gasteiger partial charge in [0.1, 0.15) is 5.52 Å². The Hall–Kier alpha value is -3.09. The van der Waals surface area contributed by atoms with Gasteiger partial charge in [0.05, 0.1) is 6.26 Å². The van der Waals surface area contributed by atoms with Crippen molar-refractivity contribution >= 4 is 40.1 Å². The Bertz CT molecular complexity index is 1010. The SMILES string of the molecule is C[C@H]1Cc2ccc(Nc3nc(NC4CC4)c4occc4n3)cc2NC1=O. The van der Waals surface area contributed by atoms with E-state index in [1.54, 1.807) is 6.26 Å². The molecule has 1 amide bonds. The maximum absolute atomic E-state index is 11.9. The highest BCUT2D eigenvalue weighted by Gasteiger charge is 2.24. The number of hydrogen-bond acceptors (Lipinski definition) is 6. The van der Waals surface area contributed by atoms with Gasteiger partial charge in [-0.05, 0) is 37.0 Å². The lowest BCUT2D eigenvalue weighted by Gasteiger charge is -2.22. The average Bonchev–Trinajstić information content (AvgIpc) is 3.30. The lowest BCUT2D eigenvalue weighted by Crippen LogP contribution is -2.27. The molecule has 2 aromatic heterocycles. The molecule has 0 bridgehead atoms. The minimum atomic E-state index is 0.00389. The molecule has 1 aliphatic carbocycles. The van der Waals surface area contributed by atoms with E-state index in [4.69, 9.17) is 4.42 Å². The molecule has 5 rings (SSSR count). The van der Waals surface area contributed by atoms with Crippen molar-refractivity contribution in [1.82, 2.24) is 9.97 Å². The zero-order valence-corrected chi connectivity index (χ0v) is 14.4. The average molecular weight is 349 g/mol. The van der Waals surface area contributed by atoms with Gasteiger partial charge in [0.25, 0.3) is 0 Å². The number of anilines is 4. The Morgan fingerprint density at radius 2 is 2.12 bits per heavy atom. The fourth-order valence-electron chi connectivity index (χ4n) is 3.19. The predicted molar refractivity (Wildman–Crippen MR) is 99.7 cm³/mol. The molecule has 7 heteroatoms. The highest BCUT2D eigenvalue weighted by molar-refractivity contribution is 5.96. The van der Waals surface area contributed by atoms with E-state index >= 15 is 0 Å². The molecular weight excluding hydrogens is 330 g/mol. The molecule has 7 nitrogen and oxygen atoms in total. The van der Waals surface area contributed by atoms with E-state index in [2.05, 4.69) is 25.9 Å². The fraction of sp³-hybridized carbons (Fsp3) is 0.316. The van der Waals surface area contributed by atoms with Crippen molar-refractivity contribution in [3.05, 3.63) is 36.1 Å². The first-order valence-corrected chi connectivity index (χ1v) is 8.88. The van der Waals surface area contributed by atoms with E-state index in [-0.39, 0.29) is 11.8 Å². The minimum Gasteiger partial charge on any atom is -0.459 e. The van der Waals surface area contributed by atoms with Crippen LogP contribution in [0.15, 0.2) is 34.9 Å². The van der Waals surface area contributed by atoms with E-state index in [0.29, 0.717) is 23.4 Å². The van der Waals surface area contributed by atoms with Crippen LogP contribution >= 0.6 is 0 Å². The zero-order chi connectivity index (χ0) is 17.7. The fourth-order valence-corrected chi connectivity index (χ4v) is 3.19. The van der Waals surface area contributed by atoms with Gasteiger partial charge in [-0.3, -0.25) is 4.79 Å². The van der Waals surface area contributed by atoms with Crippen LogP contribution in [0.25, 0.3) is 11.1 Å². The summed E-state index contributed by atoms with van der Waals surface area (Å²) in [5.41, 5.74) is 4.25. The lowest BCUT2D eigenvalue weighted by molar-refractivity contribution is -0.119. The molecule has 1 saturated carbocycles. The van der Waals surface area contributed by atoms with Gasteiger partial charge in [-0.1, -0.05) is 13.0 Å². The van der Waals surface area contributed by atoms with Crippen molar-refractivity contribution in [2.75, 3.05) is 16.0 Å². The number of carbonyl (C=O) groups is 1. The molecule has 3 heterocycles. The molecule has 2 aliphatic rings. The number of rotatable bonds is 4. The van der Waals surface area contributed by atoms with Crippen LogP contribution in [0.4, 0.5) is 23.1 Å². The van der Waals surface area contributed by atoms with Crippen LogP contribution in [-0.4, -0.2) is 21.9 Å².